The minimum Gasteiger partial charge on any atom is -0.364 e. The molecule has 1 aliphatic rings. The standard InChI is InChI=1S/C7H14F2NOP/c8-7(9)4-10-3-1-2-6(10)5-11-12/h6-7H,1-5,12H2. The molecule has 1 saturated heterocycles. The van der Waals surface area contributed by atoms with Crippen molar-refractivity contribution in [1.82, 2.24) is 4.90 Å². The van der Waals surface area contributed by atoms with E-state index in [1.165, 1.54) is 0 Å². The van der Waals surface area contributed by atoms with E-state index in [0.29, 0.717) is 6.61 Å². The van der Waals surface area contributed by atoms with E-state index in [0.717, 1.165) is 19.4 Å². The minimum absolute atomic E-state index is 0.112. The lowest BCUT2D eigenvalue weighted by molar-refractivity contribution is 0.0721. The highest BCUT2D eigenvalue weighted by Gasteiger charge is 2.26. The lowest BCUT2D eigenvalue weighted by Gasteiger charge is -2.22. The summed E-state index contributed by atoms with van der Waals surface area (Å²) in [4.78, 5) is 1.80. The lowest BCUT2D eigenvalue weighted by atomic mass is 10.2. The molecular weight excluding hydrogens is 183 g/mol. The molecule has 1 fully saturated rings. The zero-order chi connectivity index (χ0) is 8.97. The Labute approximate surface area is 73.5 Å². The molecule has 2 atom stereocenters. The number of likely N-dealkylation sites (tertiary alicyclic amines) is 1. The third kappa shape index (κ3) is 2.92. The van der Waals surface area contributed by atoms with Crippen molar-refractivity contribution in [1.29, 1.82) is 0 Å². The topological polar surface area (TPSA) is 12.5 Å². The average Bonchev–Trinajstić information content (AvgIpc) is 2.37. The summed E-state index contributed by atoms with van der Waals surface area (Å²) in [5.41, 5.74) is 0. The third-order valence-electron chi connectivity index (χ3n) is 2.16. The monoisotopic (exact) mass is 197 g/mol. The molecular formula is C7H14F2NOP. The highest BCUT2D eigenvalue weighted by molar-refractivity contribution is 7.09. The highest BCUT2D eigenvalue weighted by Crippen LogP contribution is 2.18. The van der Waals surface area contributed by atoms with E-state index in [1.807, 2.05) is 0 Å². The van der Waals surface area contributed by atoms with Crippen LogP contribution >= 0.6 is 9.47 Å². The molecule has 0 radical (unpaired) electrons. The van der Waals surface area contributed by atoms with E-state index in [-0.39, 0.29) is 12.6 Å². The molecule has 0 aromatic carbocycles. The fraction of sp³-hybridized carbons (Fsp3) is 1.00. The molecule has 2 unspecified atom stereocenters. The SMILES string of the molecule is FC(F)CN1CCCC1COP. The van der Waals surface area contributed by atoms with Gasteiger partial charge in [0.15, 0.2) is 0 Å². The maximum Gasteiger partial charge on any atom is 0.251 e. The summed E-state index contributed by atoms with van der Waals surface area (Å²) in [6, 6.07) is 0.191. The van der Waals surface area contributed by atoms with Gasteiger partial charge in [-0.05, 0) is 19.4 Å². The van der Waals surface area contributed by atoms with Crippen LogP contribution in [-0.2, 0) is 4.52 Å². The van der Waals surface area contributed by atoms with Crippen LogP contribution in [0, 0.1) is 0 Å². The van der Waals surface area contributed by atoms with Gasteiger partial charge in [-0.2, -0.15) is 0 Å². The smallest absolute Gasteiger partial charge is 0.251 e. The van der Waals surface area contributed by atoms with E-state index in [1.54, 1.807) is 4.90 Å². The first-order chi connectivity index (χ1) is 5.74. The Balaban J connectivity index is 2.30. The quantitative estimate of drug-likeness (QED) is 0.633. The van der Waals surface area contributed by atoms with Gasteiger partial charge in [-0.3, -0.25) is 4.90 Å². The van der Waals surface area contributed by atoms with Crippen molar-refractivity contribution >= 4 is 9.47 Å². The summed E-state index contributed by atoms with van der Waals surface area (Å²) in [6.07, 6.45) is -0.248. The van der Waals surface area contributed by atoms with Crippen LogP contribution in [0.1, 0.15) is 12.8 Å². The zero-order valence-corrected chi connectivity index (χ0v) is 8.03. The predicted octanol–water partition coefficient (Wildman–Crippen LogP) is 1.52. The van der Waals surface area contributed by atoms with Gasteiger partial charge in [-0.15, -0.1) is 0 Å². The molecule has 0 spiro atoms. The normalized spacial score (nSPS) is 25.5. The molecule has 0 N–H and O–H groups in total. The fourth-order valence-corrected chi connectivity index (χ4v) is 1.83. The van der Waals surface area contributed by atoms with Crippen molar-refractivity contribution in [3.05, 3.63) is 0 Å². The number of hydrogen-bond acceptors (Lipinski definition) is 2. The van der Waals surface area contributed by atoms with Crippen LogP contribution in [-0.4, -0.2) is 37.1 Å². The summed E-state index contributed by atoms with van der Waals surface area (Å²) < 4.78 is 28.9. The lowest BCUT2D eigenvalue weighted by Crippen LogP contribution is -2.35. The van der Waals surface area contributed by atoms with Crippen molar-refractivity contribution in [2.45, 2.75) is 25.3 Å². The Morgan fingerprint density at radius 1 is 1.58 bits per heavy atom. The molecule has 12 heavy (non-hydrogen) atoms. The molecule has 0 bridgehead atoms. The first kappa shape index (κ1) is 10.3. The Kier molecular flexibility index (Phi) is 4.33. The largest absolute Gasteiger partial charge is 0.364 e. The minimum atomic E-state index is -2.23. The average molecular weight is 197 g/mol. The number of nitrogens with zero attached hydrogens (tertiary/aromatic N) is 1. The van der Waals surface area contributed by atoms with E-state index in [9.17, 15) is 8.78 Å². The summed E-state index contributed by atoms with van der Waals surface area (Å²) in [5, 5.41) is 0. The number of halogens is 2. The van der Waals surface area contributed by atoms with Crippen LogP contribution in [0.5, 0.6) is 0 Å². The van der Waals surface area contributed by atoms with Crippen LogP contribution < -0.4 is 0 Å². The molecule has 0 saturated carbocycles. The van der Waals surface area contributed by atoms with Crippen molar-refractivity contribution in [2.75, 3.05) is 19.7 Å². The molecule has 0 amide bonds. The molecule has 5 heteroatoms. The first-order valence-electron chi connectivity index (χ1n) is 4.08. The van der Waals surface area contributed by atoms with Crippen molar-refractivity contribution in [3.8, 4) is 0 Å². The Hall–Kier alpha value is 0.210. The molecule has 0 aromatic heterocycles. The van der Waals surface area contributed by atoms with E-state index >= 15 is 0 Å². The van der Waals surface area contributed by atoms with Gasteiger partial charge in [0, 0.05) is 15.5 Å². The molecule has 72 valence electrons. The fourth-order valence-electron chi connectivity index (χ4n) is 1.61. The second-order valence-corrected chi connectivity index (χ2v) is 3.35. The summed E-state index contributed by atoms with van der Waals surface area (Å²) in [7, 11) is 2.16. The summed E-state index contributed by atoms with van der Waals surface area (Å²) in [5.74, 6) is 0. The van der Waals surface area contributed by atoms with Crippen LogP contribution in [0.2, 0.25) is 0 Å². The third-order valence-corrected chi connectivity index (χ3v) is 2.35. The highest BCUT2D eigenvalue weighted by atomic mass is 31.0. The van der Waals surface area contributed by atoms with Gasteiger partial charge in [0.25, 0.3) is 6.43 Å². The first-order valence-corrected chi connectivity index (χ1v) is 4.55. The second-order valence-electron chi connectivity index (χ2n) is 3.02. The number of hydrogen-bond donors (Lipinski definition) is 0. The van der Waals surface area contributed by atoms with E-state index in [2.05, 4.69) is 9.47 Å². The molecule has 0 aromatic rings. The van der Waals surface area contributed by atoms with Gasteiger partial charge in [0.2, 0.25) is 0 Å². The summed E-state index contributed by atoms with van der Waals surface area (Å²) >= 11 is 0. The molecule has 0 aliphatic carbocycles. The van der Waals surface area contributed by atoms with Gasteiger partial charge in [0.1, 0.15) is 0 Å². The number of alkyl halides is 2. The van der Waals surface area contributed by atoms with Crippen LogP contribution in [0.25, 0.3) is 0 Å². The Morgan fingerprint density at radius 3 is 2.92 bits per heavy atom. The van der Waals surface area contributed by atoms with E-state index in [4.69, 9.17) is 4.52 Å². The van der Waals surface area contributed by atoms with Crippen LogP contribution in [0.15, 0.2) is 0 Å². The number of rotatable bonds is 4. The van der Waals surface area contributed by atoms with Gasteiger partial charge in [0.05, 0.1) is 13.2 Å². The Bertz CT molecular complexity index is 137. The molecule has 1 aliphatic heterocycles. The molecule has 1 heterocycles. The van der Waals surface area contributed by atoms with Crippen molar-refractivity contribution < 1.29 is 13.3 Å². The van der Waals surface area contributed by atoms with Crippen LogP contribution in [0.3, 0.4) is 0 Å². The molecule has 1 rings (SSSR count). The van der Waals surface area contributed by atoms with Crippen molar-refractivity contribution in [3.63, 3.8) is 0 Å². The van der Waals surface area contributed by atoms with Gasteiger partial charge < -0.3 is 4.52 Å². The van der Waals surface area contributed by atoms with Gasteiger partial charge in [-0.25, -0.2) is 8.78 Å². The van der Waals surface area contributed by atoms with Crippen molar-refractivity contribution in [2.24, 2.45) is 0 Å². The zero-order valence-electron chi connectivity index (χ0n) is 6.88. The maximum atomic E-state index is 12.0. The van der Waals surface area contributed by atoms with Gasteiger partial charge >= 0.3 is 0 Å². The maximum absolute atomic E-state index is 12.0. The van der Waals surface area contributed by atoms with Gasteiger partial charge in [-0.1, -0.05) is 0 Å². The second kappa shape index (κ2) is 5.05. The summed E-state index contributed by atoms with van der Waals surface area (Å²) in [6.45, 7) is 1.21. The predicted molar refractivity (Wildman–Crippen MR) is 46.3 cm³/mol. The van der Waals surface area contributed by atoms with E-state index < -0.39 is 6.43 Å². The van der Waals surface area contributed by atoms with Crippen LogP contribution in [0.4, 0.5) is 8.78 Å². The molecule has 2 nitrogen and oxygen atoms in total. The Morgan fingerprint density at radius 2 is 2.33 bits per heavy atom.